The molecule has 2 aromatic rings. The molecular weight excluding hydrogens is 462 g/mol. The van der Waals surface area contributed by atoms with Crippen LogP contribution in [0.3, 0.4) is 0 Å². The molecule has 1 amide bonds. The molecule has 0 saturated carbocycles. The first-order valence-corrected chi connectivity index (χ1v) is 10.6. The summed E-state index contributed by atoms with van der Waals surface area (Å²) in [6.07, 6.45) is -0.643. The maximum absolute atomic E-state index is 12.2. The maximum Gasteiger partial charge on any atom is 0.309 e. The van der Waals surface area contributed by atoms with Crippen molar-refractivity contribution in [3.63, 3.8) is 0 Å². The first kappa shape index (κ1) is 26.7. The zero-order chi connectivity index (χ0) is 24.0. The van der Waals surface area contributed by atoms with Crippen molar-refractivity contribution in [3.05, 3.63) is 54.1 Å². The van der Waals surface area contributed by atoms with Crippen LogP contribution >= 0.6 is 12.4 Å². The summed E-state index contributed by atoms with van der Waals surface area (Å²) >= 11 is 0. The molecular formula is C24H28ClN3O6. The van der Waals surface area contributed by atoms with Crippen LogP contribution in [0.25, 0.3) is 11.1 Å². The zero-order valence-electron chi connectivity index (χ0n) is 18.9. The number of hydrogen-bond donors (Lipinski definition) is 3. The molecule has 9 nitrogen and oxygen atoms in total. The third-order valence-electron chi connectivity index (χ3n) is 5.16. The number of carbonyl (C=O) groups is 3. The number of benzene rings is 2. The Morgan fingerprint density at radius 2 is 1.68 bits per heavy atom. The summed E-state index contributed by atoms with van der Waals surface area (Å²) in [6, 6.07) is 14.7. The Morgan fingerprint density at radius 3 is 2.24 bits per heavy atom. The van der Waals surface area contributed by atoms with E-state index in [9.17, 15) is 14.4 Å². The van der Waals surface area contributed by atoms with Crippen molar-refractivity contribution >= 4 is 36.1 Å². The van der Waals surface area contributed by atoms with Crippen molar-refractivity contribution in [2.75, 3.05) is 6.61 Å². The monoisotopic (exact) mass is 489 g/mol. The molecule has 3 rings (SSSR count). The van der Waals surface area contributed by atoms with Gasteiger partial charge in [0.05, 0.1) is 18.4 Å². The molecule has 0 aliphatic carbocycles. The second-order valence-corrected chi connectivity index (χ2v) is 7.84. The van der Waals surface area contributed by atoms with E-state index in [2.05, 4.69) is 5.32 Å². The highest BCUT2D eigenvalue weighted by atomic mass is 35.5. The molecule has 182 valence electrons. The van der Waals surface area contributed by atoms with Gasteiger partial charge in [0.15, 0.2) is 0 Å². The van der Waals surface area contributed by atoms with E-state index in [1.807, 2.05) is 36.4 Å². The highest BCUT2D eigenvalue weighted by molar-refractivity contribution is 5.95. The number of nitrogens with two attached hydrogens (primary N) is 1. The zero-order valence-corrected chi connectivity index (χ0v) is 19.7. The smallest absolute Gasteiger partial charge is 0.309 e. The first-order chi connectivity index (χ1) is 15.7. The summed E-state index contributed by atoms with van der Waals surface area (Å²) in [5.41, 5.74) is 8.14. The molecule has 34 heavy (non-hydrogen) atoms. The predicted molar refractivity (Wildman–Crippen MR) is 128 cm³/mol. The lowest BCUT2D eigenvalue weighted by atomic mass is 10.0. The molecule has 3 atom stereocenters. The van der Waals surface area contributed by atoms with E-state index in [1.165, 1.54) is 13.8 Å². The molecule has 1 aliphatic heterocycles. The number of nitrogen functional groups attached to an aromatic ring is 1. The van der Waals surface area contributed by atoms with Crippen molar-refractivity contribution in [1.29, 1.82) is 5.41 Å². The van der Waals surface area contributed by atoms with E-state index in [4.69, 9.17) is 25.4 Å². The van der Waals surface area contributed by atoms with E-state index >= 15 is 0 Å². The van der Waals surface area contributed by atoms with Crippen molar-refractivity contribution in [2.24, 2.45) is 11.7 Å². The topological polar surface area (TPSA) is 141 Å². The van der Waals surface area contributed by atoms with Gasteiger partial charge in [-0.1, -0.05) is 36.4 Å². The van der Waals surface area contributed by atoms with Gasteiger partial charge in [0.25, 0.3) is 0 Å². The highest BCUT2D eigenvalue weighted by Crippen LogP contribution is 2.24. The van der Waals surface area contributed by atoms with Gasteiger partial charge in [0.1, 0.15) is 18.2 Å². The fourth-order valence-electron chi connectivity index (χ4n) is 3.59. The second kappa shape index (κ2) is 12.0. The predicted octanol–water partition coefficient (Wildman–Crippen LogP) is 2.79. The molecule has 0 bridgehead atoms. The molecule has 1 unspecified atom stereocenters. The summed E-state index contributed by atoms with van der Waals surface area (Å²) in [5.74, 6) is -1.21. The van der Waals surface area contributed by atoms with Crippen molar-refractivity contribution in [3.8, 4) is 16.9 Å². The highest BCUT2D eigenvalue weighted by Gasteiger charge is 2.34. The number of nitrogens with one attached hydrogen (secondary N) is 2. The van der Waals surface area contributed by atoms with Gasteiger partial charge in [-0.3, -0.25) is 19.8 Å². The lowest BCUT2D eigenvalue weighted by molar-refractivity contribution is -0.183. The Hall–Kier alpha value is -3.59. The molecule has 1 aliphatic rings. The van der Waals surface area contributed by atoms with Crippen LogP contribution in [0.1, 0.15) is 32.3 Å². The van der Waals surface area contributed by atoms with Gasteiger partial charge in [-0.05, 0) is 29.7 Å². The van der Waals surface area contributed by atoms with Gasteiger partial charge in [-0.2, -0.15) is 0 Å². The van der Waals surface area contributed by atoms with Gasteiger partial charge in [-0.15, -0.1) is 12.4 Å². The summed E-state index contributed by atoms with van der Waals surface area (Å²) < 4.78 is 15.6. The van der Waals surface area contributed by atoms with E-state index in [1.54, 1.807) is 12.1 Å². The Morgan fingerprint density at radius 1 is 1.09 bits per heavy atom. The van der Waals surface area contributed by atoms with E-state index < -0.39 is 24.1 Å². The second-order valence-electron chi connectivity index (χ2n) is 7.84. The van der Waals surface area contributed by atoms with Crippen molar-refractivity contribution in [2.45, 2.75) is 39.0 Å². The summed E-state index contributed by atoms with van der Waals surface area (Å²) in [6.45, 7) is 2.94. The van der Waals surface area contributed by atoms with Crippen LogP contribution in [0, 0.1) is 11.3 Å². The van der Waals surface area contributed by atoms with Gasteiger partial charge < -0.3 is 25.3 Å². The molecule has 0 radical (unpaired) electrons. The number of esters is 2. The number of ether oxygens (including phenoxy) is 3. The Balaban J connectivity index is 0.00000408. The number of carbonyl (C=O) groups excluding carboxylic acids is 3. The average Bonchev–Trinajstić information content (AvgIpc) is 3.11. The largest absolute Gasteiger partial charge is 0.491 e. The van der Waals surface area contributed by atoms with Crippen molar-refractivity contribution < 1.29 is 28.6 Å². The molecule has 1 fully saturated rings. The minimum absolute atomic E-state index is 0. The molecule has 4 N–H and O–H groups in total. The van der Waals surface area contributed by atoms with E-state index in [0.29, 0.717) is 17.7 Å². The molecule has 1 heterocycles. The normalized spacial score (nSPS) is 17.6. The van der Waals surface area contributed by atoms with Gasteiger partial charge in [0, 0.05) is 19.4 Å². The molecule has 2 aromatic carbocycles. The third kappa shape index (κ3) is 7.48. The van der Waals surface area contributed by atoms with Gasteiger partial charge >= 0.3 is 11.9 Å². The Kier molecular flexibility index (Phi) is 9.44. The quantitative estimate of drug-likeness (QED) is 0.213. The van der Waals surface area contributed by atoms with Crippen LogP contribution in [-0.2, 0) is 23.9 Å². The minimum atomic E-state index is -0.992. The fraction of sp³-hybridized carbons (Fsp3) is 0.333. The van der Waals surface area contributed by atoms with Crippen molar-refractivity contribution in [1.82, 2.24) is 5.32 Å². The Labute approximate surface area is 203 Å². The lowest BCUT2D eigenvalue weighted by Gasteiger charge is -2.14. The summed E-state index contributed by atoms with van der Waals surface area (Å²) in [7, 11) is 0. The van der Waals surface area contributed by atoms with Crippen LogP contribution < -0.4 is 15.8 Å². The molecule has 10 heteroatoms. The fourth-order valence-corrected chi connectivity index (χ4v) is 3.59. The van der Waals surface area contributed by atoms with Crippen LogP contribution in [0.2, 0.25) is 0 Å². The van der Waals surface area contributed by atoms with E-state index in [0.717, 1.165) is 11.1 Å². The molecule has 0 aromatic heterocycles. The summed E-state index contributed by atoms with van der Waals surface area (Å²) in [5, 5.41) is 10.3. The van der Waals surface area contributed by atoms with Crippen LogP contribution in [0.15, 0.2) is 48.5 Å². The lowest BCUT2D eigenvalue weighted by Crippen LogP contribution is -2.31. The average molecular weight is 490 g/mol. The van der Waals surface area contributed by atoms with Crippen LogP contribution in [-0.4, -0.2) is 42.6 Å². The van der Waals surface area contributed by atoms with Gasteiger partial charge in [-0.25, -0.2) is 0 Å². The summed E-state index contributed by atoms with van der Waals surface area (Å²) in [4.78, 5) is 35.1. The maximum atomic E-state index is 12.2. The molecule has 0 spiro atoms. The van der Waals surface area contributed by atoms with E-state index in [-0.39, 0.29) is 43.2 Å². The number of amides is 1. The number of amidine groups is 1. The SMILES string of the molecule is CC(=O)OC(C)OC(=O)C[C@@H]1C[C@@H](COc2ccc(-c3ccc(C(=N)N)cc3)cc2)NC1=O.Cl. The van der Waals surface area contributed by atoms with Crippen LogP contribution in [0.5, 0.6) is 5.75 Å². The standard InChI is InChI=1S/C24H27N3O6.ClH/c1-14(28)32-15(2)33-22(29)12-19-11-20(27-24(19)30)13-31-21-9-7-17(8-10-21)16-3-5-18(6-4-16)23(25)26;/h3-10,15,19-20H,11-13H2,1-2H3,(H3,25,26)(H,27,30);1H/t15?,19-,20-;/m0./s1. The minimum Gasteiger partial charge on any atom is -0.491 e. The van der Waals surface area contributed by atoms with Crippen LogP contribution in [0.4, 0.5) is 0 Å². The number of rotatable bonds is 9. The number of halogens is 1. The third-order valence-corrected chi connectivity index (χ3v) is 5.16. The first-order valence-electron chi connectivity index (χ1n) is 10.6. The Bertz CT molecular complexity index is 1030. The molecule has 1 saturated heterocycles. The van der Waals surface area contributed by atoms with Gasteiger partial charge in [0.2, 0.25) is 12.2 Å². The number of hydrogen-bond acceptors (Lipinski definition) is 7.